The van der Waals surface area contributed by atoms with E-state index < -0.39 is 0 Å². The van der Waals surface area contributed by atoms with E-state index in [1.165, 1.54) is 0 Å². The van der Waals surface area contributed by atoms with Crippen LogP contribution in [0.2, 0.25) is 5.02 Å². The molecule has 4 heteroatoms. The summed E-state index contributed by atoms with van der Waals surface area (Å²) in [5.74, 6) is -0.0567. The van der Waals surface area contributed by atoms with Crippen molar-refractivity contribution in [3.05, 3.63) is 70.7 Å². The SMILES string of the molecule is N=C(N)NC(c1ccccc1)c1ccc(Cl)cc1. The standard InChI is InChI=1S/C14H14ClN3/c15-12-8-6-11(7-9-12)13(18-14(16)17)10-4-2-1-3-5-10/h1-9,13H,(H4,16,17,18). The molecular weight excluding hydrogens is 246 g/mol. The molecule has 0 saturated heterocycles. The van der Waals surface area contributed by atoms with E-state index in [4.69, 9.17) is 22.7 Å². The van der Waals surface area contributed by atoms with Gasteiger partial charge in [0.15, 0.2) is 5.96 Å². The van der Waals surface area contributed by atoms with Crippen molar-refractivity contribution in [1.29, 1.82) is 5.41 Å². The van der Waals surface area contributed by atoms with E-state index in [9.17, 15) is 0 Å². The Morgan fingerprint density at radius 1 is 1.00 bits per heavy atom. The van der Waals surface area contributed by atoms with Crippen molar-refractivity contribution >= 4 is 17.6 Å². The summed E-state index contributed by atoms with van der Waals surface area (Å²) < 4.78 is 0. The van der Waals surface area contributed by atoms with Gasteiger partial charge >= 0.3 is 0 Å². The van der Waals surface area contributed by atoms with Crippen molar-refractivity contribution in [3.63, 3.8) is 0 Å². The molecular formula is C14H14ClN3. The van der Waals surface area contributed by atoms with E-state index in [1.54, 1.807) is 0 Å². The third-order valence-electron chi connectivity index (χ3n) is 2.64. The van der Waals surface area contributed by atoms with E-state index >= 15 is 0 Å². The van der Waals surface area contributed by atoms with Crippen molar-refractivity contribution in [1.82, 2.24) is 5.32 Å². The Labute approximate surface area is 111 Å². The molecule has 3 nitrogen and oxygen atoms in total. The zero-order valence-corrected chi connectivity index (χ0v) is 10.5. The van der Waals surface area contributed by atoms with Crippen LogP contribution in [0, 0.1) is 5.41 Å². The molecule has 0 aromatic heterocycles. The van der Waals surface area contributed by atoms with Gasteiger partial charge in [-0.05, 0) is 23.3 Å². The maximum absolute atomic E-state index is 7.41. The van der Waals surface area contributed by atoms with Gasteiger partial charge in [-0.15, -0.1) is 0 Å². The number of benzene rings is 2. The Kier molecular flexibility index (Phi) is 3.85. The first kappa shape index (κ1) is 12.5. The highest BCUT2D eigenvalue weighted by Crippen LogP contribution is 2.23. The number of hydrogen-bond donors (Lipinski definition) is 3. The third kappa shape index (κ3) is 3.02. The summed E-state index contributed by atoms with van der Waals surface area (Å²) in [6.45, 7) is 0. The van der Waals surface area contributed by atoms with Crippen LogP contribution in [-0.2, 0) is 0 Å². The largest absolute Gasteiger partial charge is 0.370 e. The number of rotatable bonds is 3. The van der Waals surface area contributed by atoms with Crippen molar-refractivity contribution in [2.45, 2.75) is 6.04 Å². The van der Waals surface area contributed by atoms with Crippen LogP contribution in [-0.4, -0.2) is 5.96 Å². The first-order chi connectivity index (χ1) is 8.66. The third-order valence-corrected chi connectivity index (χ3v) is 2.89. The normalized spacial score (nSPS) is 11.8. The lowest BCUT2D eigenvalue weighted by Gasteiger charge is -2.19. The summed E-state index contributed by atoms with van der Waals surface area (Å²) in [6, 6.07) is 17.2. The number of nitrogens with one attached hydrogen (secondary N) is 2. The van der Waals surface area contributed by atoms with Gasteiger partial charge in [-0.3, -0.25) is 5.41 Å². The van der Waals surface area contributed by atoms with Crippen LogP contribution in [0.1, 0.15) is 17.2 Å². The summed E-state index contributed by atoms with van der Waals surface area (Å²) in [7, 11) is 0. The van der Waals surface area contributed by atoms with Gasteiger partial charge < -0.3 is 11.1 Å². The van der Waals surface area contributed by atoms with Crippen LogP contribution in [0.3, 0.4) is 0 Å². The van der Waals surface area contributed by atoms with E-state index in [0.29, 0.717) is 5.02 Å². The lowest BCUT2D eigenvalue weighted by molar-refractivity contribution is 0.752. The van der Waals surface area contributed by atoms with E-state index in [-0.39, 0.29) is 12.0 Å². The zero-order valence-electron chi connectivity index (χ0n) is 9.73. The number of halogens is 1. The molecule has 2 aromatic carbocycles. The van der Waals surface area contributed by atoms with E-state index in [0.717, 1.165) is 11.1 Å². The molecule has 2 rings (SSSR count). The van der Waals surface area contributed by atoms with E-state index in [1.807, 2.05) is 54.6 Å². The van der Waals surface area contributed by atoms with Gasteiger partial charge in [0.25, 0.3) is 0 Å². The molecule has 1 unspecified atom stereocenters. The topological polar surface area (TPSA) is 61.9 Å². The van der Waals surface area contributed by atoms with Gasteiger partial charge in [-0.1, -0.05) is 54.1 Å². The molecule has 0 heterocycles. The zero-order chi connectivity index (χ0) is 13.0. The van der Waals surface area contributed by atoms with Gasteiger partial charge in [-0.25, -0.2) is 0 Å². The van der Waals surface area contributed by atoms with Crippen molar-refractivity contribution in [2.75, 3.05) is 0 Å². The molecule has 0 aliphatic heterocycles. The molecule has 0 amide bonds. The van der Waals surface area contributed by atoms with Crippen LogP contribution < -0.4 is 11.1 Å². The molecule has 0 bridgehead atoms. The Morgan fingerprint density at radius 2 is 1.56 bits per heavy atom. The van der Waals surface area contributed by atoms with Gasteiger partial charge in [-0.2, -0.15) is 0 Å². The quantitative estimate of drug-likeness (QED) is 0.586. The van der Waals surface area contributed by atoms with Crippen LogP contribution in [0.4, 0.5) is 0 Å². The van der Waals surface area contributed by atoms with Crippen molar-refractivity contribution < 1.29 is 0 Å². The number of hydrogen-bond acceptors (Lipinski definition) is 1. The van der Waals surface area contributed by atoms with Crippen molar-refractivity contribution in [3.8, 4) is 0 Å². The summed E-state index contributed by atoms with van der Waals surface area (Å²) in [5.41, 5.74) is 7.51. The average molecular weight is 260 g/mol. The minimum atomic E-state index is -0.138. The molecule has 0 radical (unpaired) electrons. The minimum absolute atomic E-state index is 0.0567. The smallest absolute Gasteiger partial charge is 0.186 e. The van der Waals surface area contributed by atoms with Gasteiger partial charge in [0.2, 0.25) is 0 Å². The summed E-state index contributed by atoms with van der Waals surface area (Å²) in [6.07, 6.45) is 0. The average Bonchev–Trinajstić information content (AvgIpc) is 2.38. The number of guanidine groups is 1. The Hall–Kier alpha value is -2.00. The summed E-state index contributed by atoms with van der Waals surface area (Å²) in [5, 5.41) is 11.0. The molecule has 0 fully saturated rings. The molecule has 2 aromatic rings. The molecule has 0 spiro atoms. The summed E-state index contributed by atoms with van der Waals surface area (Å²) >= 11 is 5.88. The predicted molar refractivity (Wildman–Crippen MR) is 74.8 cm³/mol. The number of nitrogens with two attached hydrogens (primary N) is 1. The van der Waals surface area contributed by atoms with Crippen molar-refractivity contribution in [2.24, 2.45) is 5.73 Å². The Balaban J connectivity index is 2.36. The van der Waals surface area contributed by atoms with E-state index in [2.05, 4.69) is 5.32 Å². The second-order valence-corrected chi connectivity index (χ2v) is 4.39. The highest BCUT2D eigenvalue weighted by atomic mass is 35.5. The molecule has 0 saturated carbocycles. The van der Waals surface area contributed by atoms with Gasteiger partial charge in [0.05, 0.1) is 6.04 Å². The van der Waals surface area contributed by atoms with Crippen LogP contribution in [0.5, 0.6) is 0 Å². The summed E-state index contributed by atoms with van der Waals surface area (Å²) in [4.78, 5) is 0. The maximum atomic E-state index is 7.41. The monoisotopic (exact) mass is 259 g/mol. The molecule has 1 atom stereocenters. The predicted octanol–water partition coefficient (Wildman–Crippen LogP) is 2.91. The van der Waals surface area contributed by atoms with Gasteiger partial charge in [0, 0.05) is 5.02 Å². The van der Waals surface area contributed by atoms with Crippen LogP contribution in [0.15, 0.2) is 54.6 Å². The lowest BCUT2D eigenvalue weighted by Crippen LogP contribution is -2.34. The second kappa shape index (κ2) is 5.56. The maximum Gasteiger partial charge on any atom is 0.186 e. The lowest BCUT2D eigenvalue weighted by atomic mass is 9.99. The molecule has 0 aliphatic rings. The fourth-order valence-electron chi connectivity index (χ4n) is 1.82. The molecule has 92 valence electrons. The Morgan fingerprint density at radius 3 is 2.11 bits per heavy atom. The first-order valence-corrected chi connectivity index (χ1v) is 5.95. The minimum Gasteiger partial charge on any atom is -0.370 e. The molecule has 4 N–H and O–H groups in total. The second-order valence-electron chi connectivity index (χ2n) is 3.95. The highest BCUT2D eigenvalue weighted by Gasteiger charge is 2.13. The molecule has 18 heavy (non-hydrogen) atoms. The van der Waals surface area contributed by atoms with Gasteiger partial charge in [0.1, 0.15) is 0 Å². The Bertz CT molecular complexity index is 522. The highest BCUT2D eigenvalue weighted by molar-refractivity contribution is 6.30. The van der Waals surface area contributed by atoms with Crippen LogP contribution in [0.25, 0.3) is 0 Å². The van der Waals surface area contributed by atoms with Crippen LogP contribution >= 0.6 is 11.6 Å². The fraction of sp³-hybridized carbons (Fsp3) is 0.0714. The fourth-order valence-corrected chi connectivity index (χ4v) is 1.94. The molecule has 0 aliphatic carbocycles. The first-order valence-electron chi connectivity index (χ1n) is 5.58.